The molecule has 0 saturated carbocycles. The van der Waals surface area contributed by atoms with E-state index in [1.165, 1.54) is 0 Å². The maximum absolute atomic E-state index is 5.64. The molecule has 1 aromatic carbocycles. The highest BCUT2D eigenvalue weighted by Crippen LogP contribution is 2.15. The van der Waals surface area contributed by atoms with E-state index in [1.807, 2.05) is 44.2 Å². The molecule has 0 aliphatic heterocycles. The Balaban J connectivity index is 0.000000711. The van der Waals surface area contributed by atoms with Crippen LogP contribution >= 0.6 is 0 Å². The summed E-state index contributed by atoms with van der Waals surface area (Å²) in [6.45, 7) is 4.47. The number of rotatable bonds is 1. The van der Waals surface area contributed by atoms with E-state index in [9.17, 15) is 0 Å². The van der Waals surface area contributed by atoms with Crippen molar-refractivity contribution in [3.8, 4) is 0 Å². The quantitative estimate of drug-likeness (QED) is 0.703. The lowest BCUT2D eigenvalue weighted by atomic mass is 10.2. The Morgan fingerprint density at radius 3 is 2.60 bits per heavy atom. The van der Waals surface area contributed by atoms with Crippen LogP contribution in [-0.4, -0.2) is 4.98 Å². The van der Waals surface area contributed by atoms with Gasteiger partial charge >= 0.3 is 0 Å². The number of fused-ring (bicyclic) bond motifs is 1. The monoisotopic (exact) mass is 205 g/mol. The van der Waals surface area contributed by atoms with Crippen molar-refractivity contribution in [2.24, 2.45) is 5.73 Å². The normalized spacial score (nSPS) is 9.53. The van der Waals surface area contributed by atoms with Gasteiger partial charge in [0.2, 0.25) is 0 Å². The minimum Gasteiger partial charge on any atom is -0.399 e. The first-order chi connectivity index (χ1) is 7.29. The number of nitrogens with zero attached hydrogens (tertiary/aromatic N) is 1. The molecular weight excluding hydrogens is 186 g/mol. The zero-order valence-corrected chi connectivity index (χ0v) is 9.20. The molecule has 1 heterocycles. The van der Waals surface area contributed by atoms with Crippen molar-refractivity contribution in [2.45, 2.75) is 20.4 Å². The summed E-state index contributed by atoms with van der Waals surface area (Å²) in [6, 6.07) is 9.56. The molecule has 1 aromatic heterocycles. The van der Waals surface area contributed by atoms with Gasteiger partial charge in [0.25, 0.3) is 0 Å². The molecule has 0 saturated heterocycles. The van der Waals surface area contributed by atoms with Crippen LogP contribution in [0.2, 0.25) is 0 Å². The third-order valence-electron chi connectivity index (χ3n) is 1.98. The number of pyridine rings is 1. The predicted octanol–water partition coefficient (Wildman–Crippen LogP) is 2.55. The molecule has 0 bridgehead atoms. The minimum absolute atomic E-state index is 0. The average Bonchev–Trinajstić information content (AvgIpc) is 2.31. The standard InChI is InChI=1S/C10H11N3.C2H6.H2/c11-6-9-3-1-7-5-8(12)2-4-10(7)13-9;1-2;/h1-5H,6,11-12H2;1-2H3;1H. The zero-order valence-electron chi connectivity index (χ0n) is 9.20. The maximum atomic E-state index is 5.64. The highest BCUT2D eigenvalue weighted by Gasteiger charge is 1.96. The van der Waals surface area contributed by atoms with E-state index in [0.29, 0.717) is 6.54 Å². The number of nitrogen functional groups attached to an aromatic ring is 1. The van der Waals surface area contributed by atoms with Crippen LogP contribution in [0, 0.1) is 0 Å². The Morgan fingerprint density at radius 2 is 1.93 bits per heavy atom. The fourth-order valence-electron chi connectivity index (χ4n) is 1.30. The summed E-state index contributed by atoms with van der Waals surface area (Å²) in [7, 11) is 0. The molecule has 0 spiro atoms. The van der Waals surface area contributed by atoms with Crippen molar-refractivity contribution in [3.63, 3.8) is 0 Å². The molecular formula is C12H19N3. The first kappa shape index (κ1) is 11.5. The summed E-state index contributed by atoms with van der Waals surface area (Å²) in [5, 5.41) is 1.05. The van der Waals surface area contributed by atoms with Crippen molar-refractivity contribution in [2.75, 3.05) is 5.73 Å². The molecule has 0 unspecified atom stereocenters. The van der Waals surface area contributed by atoms with Gasteiger partial charge in [0.15, 0.2) is 0 Å². The summed E-state index contributed by atoms with van der Waals surface area (Å²) in [4.78, 5) is 4.35. The molecule has 82 valence electrons. The molecule has 4 N–H and O–H groups in total. The zero-order chi connectivity index (χ0) is 11.3. The number of hydrogen-bond donors (Lipinski definition) is 2. The average molecular weight is 205 g/mol. The van der Waals surface area contributed by atoms with E-state index in [0.717, 1.165) is 22.3 Å². The van der Waals surface area contributed by atoms with E-state index in [1.54, 1.807) is 0 Å². The maximum Gasteiger partial charge on any atom is 0.0707 e. The van der Waals surface area contributed by atoms with Gasteiger partial charge in [-0.1, -0.05) is 19.9 Å². The molecule has 2 aromatic rings. The Hall–Kier alpha value is -1.61. The van der Waals surface area contributed by atoms with E-state index in [-0.39, 0.29) is 1.43 Å². The van der Waals surface area contributed by atoms with Crippen LogP contribution in [0.25, 0.3) is 10.9 Å². The lowest BCUT2D eigenvalue weighted by molar-refractivity contribution is 1.01. The van der Waals surface area contributed by atoms with Gasteiger partial charge in [0.05, 0.1) is 11.2 Å². The Labute approximate surface area is 91.6 Å². The van der Waals surface area contributed by atoms with Crippen LogP contribution in [0.1, 0.15) is 21.0 Å². The van der Waals surface area contributed by atoms with E-state index in [2.05, 4.69) is 4.98 Å². The topological polar surface area (TPSA) is 64.9 Å². The smallest absolute Gasteiger partial charge is 0.0707 e. The highest BCUT2D eigenvalue weighted by atomic mass is 14.7. The van der Waals surface area contributed by atoms with Crippen LogP contribution < -0.4 is 11.5 Å². The van der Waals surface area contributed by atoms with Gasteiger partial charge in [-0.15, -0.1) is 0 Å². The van der Waals surface area contributed by atoms with Gasteiger partial charge in [-0.05, 0) is 24.3 Å². The van der Waals surface area contributed by atoms with Gasteiger partial charge in [0.1, 0.15) is 0 Å². The molecule has 2 rings (SSSR count). The minimum atomic E-state index is 0. The van der Waals surface area contributed by atoms with Crippen molar-refractivity contribution >= 4 is 16.6 Å². The molecule has 0 aliphatic rings. The van der Waals surface area contributed by atoms with Gasteiger partial charge in [-0.2, -0.15) is 0 Å². The van der Waals surface area contributed by atoms with Gasteiger partial charge in [0, 0.05) is 19.0 Å². The molecule has 0 amide bonds. The second-order valence-electron chi connectivity index (χ2n) is 2.96. The largest absolute Gasteiger partial charge is 0.399 e. The predicted molar refractivity (Wildman–Crippen MR) is 67.5 cm³/mol. The van der Waals surface area contributed by atoms with Gasteiger partial charge < -0.3 is 11.5 Å². The third-order valence-corrected chi connectivity index (χ3v) is 1.98. The first-order valence-electron chi connectivity index (χ1n) is 5.15. The van der Waals surface area contributed by atoms with Crippen LogP contribution in [0.4, 0.5) is 5.69 Å². The van der Waals surface area contributed by atoms with Gasteiger partial charge in [-0.3, -0.25) is 4.98 Å². The Morgan fingerprint density at radius 1 is 1.20 bits per heavy atom. The summed E-state index contributed by atoms with van der Waals surface area (Å²) < 4.78 is 0. The fraction of sp³-hybridized carbons (Fsp3) is 0.250. The van der Waals surface area contributed by atoms with E-state index >= 15 is 0 Å². The molecule has 0 fully saturated rings. The lowest BCUT2D eigenvalue weighted by Crippen LogP contribution is -1.99. The van der Waals surface area contributed by atoms with Crippen LogP contribution in [0.3, 0.4) is 0 Å². The second kappa shape index (κ2) is 5.32. The first-order valence-corrected chi connectivity index (χ1v) is 5.15. The molecule has 0 radical (unpaired) electrons. The number of anilines is 1. The summed E-state index contributed by atoms with van der Waals surface area (Å²) in [6.07, 6.45) is 0. The molecule has 3 nitrogen and oxygen atoms in total. The van der Waals surface area contributed by atoms with Crippen molar-refractivity contribution in [1.82, 2.24) is 4.98 Å². The van der Waals surface area contributed by atoms with Crippen LogP contribution in [0.15, 0.2) is 30.3 Å². The van der Waals surface area contributed by atoms with Crippen molar-refractivity contribution in [3.05, 3.63) is 36.0 Å². The van der Waals surface area contributed by atoms with Gasteiger partial charge in [-0.25, -0.2) is 0 Å². The number of aromatic nitrogens is 1. The van der Waals surface area contributed by atoms with E-state index < -0.39 is 0 Å². The molecule has 0 aliphatic carbocycles. The second-order valence-corrected chi connectivity index (χ2v) is 2.96. The SMILES string of the molecule is CC.NCc1ccc2cc(N)ccc2n1.[HH]. The summed E-state index contributed by atoms with van der Waals surface area (Å²) in [5.41, 5.74) is 13.7. The Bertz CT molecular complexity index is 443. The fourth-order valence-corrected chi connectivity index (χ4v) is 1.30. The molecule has 15 heavy (non-hydrogen) atoms. The van der Waals surface area contributed by atoms with E-state index in [4.69, 9.17) is 11.5 Å². The van der Waals surface area contributed by atoms with Crippen molar-refractivity contribution in [1.29, 1.82) is 0 Å². The van der Waals surface area contributed by atoms with Crippen LogP contribution in [0.5, 0.6) is 0 Å². The number of nitrogens with two attached hydrogens (primary N) is 2. The summed E-state index contributed by atoms with van der Waals surface area (Å²) in [5.74, 6) is 0. The number of hydrogen-bond acceptors (Lipinski definition) is 3. The molecule has 0 atom stereocenters. The lowest BCUT2D eigenvalue weighted by Gasteiger charge is -2.00. The Kier molecular flexibility index (Phi) is 4.06. The summed E-state index contributed by atoms with van der Waals surface area (Å²) >= 11 is 0. The van der Waals surface area contributed by atoms with Crippen LogP contribution in [-0.2, 0) is 6.54 Å². The third kappa shape index (κ3) is 2.67. The molecule has 3 heteroatoms. The number of benzene rings is 1. The van der Waals surface area contributed by atoms with Crippen molar-refractivity contribution < 1.29 is 1.43 Å². The highest BCUT2D eigenvalue weighted by molar-refractivity contribution is 5.81.